The molecule has 108 valence electrons. The quantitative estimate of drug-likeness (QED) is 0.315. The van der Waals surface area contributed by atoms with E-state index < -0.39 is 19.7 Å². The Labute approximate surface area is 122 Å². The van der Waals surface area contributed by atoms with Gasteiger partial charge in [-0.25, -0.2) is 0 Å². The molecular weight excluding hydrogens is 327 g/mol. The van der Waals surface area contributed by atoms with Crippen LogP contribution in [0, 0.1) is 11.8 Å². The van der Waals surface area contributed by atoms with Gasteiger partial charge < -0.3 is 0 Å². The van der Waals surface area contributed by atoms with Crippen molar-refractivity contribution in [3.05, 3.63) is 0 Å². The van der Waals surface area contributed by atoms with Crippen LogP contribution in [0.25, 0.3) is 0 Å². The van der Waals surface area contributed by atoms with Crippen LogP contribution in [0.1, 0.15) is 79.1 Å². The van der Waals surface area contributed by atoms with Crippen LogP contribution >= 0.6 is 0 Å². The van der Waals surface area contributed by atoms with E-state index in [0.29, 0.717) is 0 Å². The number of rotatable bonds is 12. The molecule has 0 aromatic heterocycles. The zero-order valence-corrected chi connectivity index (χ0v) is 16.0. The van der Waals surface area contributed by atoms with Crippen molar-refractivity contribution < 1.29 is 3.08 Å². The molecule has 0 radical (unpaired) electrons. The molecule has 0 amide bonds. The van der Waals surface area contributed by atoms with Crippen molar-refractivity contribution in [2.24, 2.45) is 11.8 Å². The second-order valence-electron chi connectivity index (χ2n) is 6.53. The van der Waals surface area contributed by atoms with Crippen LogP contribution < -0.4 is 0 Å². The number of unbranched alkanes of at least 4 members (excludes halogenated alkanes) is 4. The molecule has 0 aliphatic carbocycles. The minimum absolute atomic E-state index is 0.830. The van der Waals surface area contributed by atoms with Gasteiger partial charge in [-0.2, -0.15) is 0 Å². The fraction of sp³-hybridized carbons (Fsp3) is 1.00. The molecule has 0 aliphatic rings. The second kappa shape index (κ2) is 12.6. The zero-order valence-electron chi connectivity index (χ0n) is 13.1. The van der Waals surface area contributed by atoms with Crippen LogP contribution in [0.5, 0.6) is 0 Å². The van der Waals surface area contributed by atoms with E-state index in [-0.39, 0.29) is 0 Å². The summed E-state index contributed by atoms with van der Waals surface area (Å²) in [6.45, 7) is 9.13. The van der Waals surface area contributed by atoms with Crippen LogP contribution in [-0.4, -0.2) is 19.7 Å². The first-order valence-electron chi connectivity index (χ1n) is 8.04. The molecule has 1 nitrogen and oxygen atoms in total. The van der Waals surface area contributed by atoms with E-state index in [9.17, 15) is 3.08 Å². The zero-order chi connectivity index (χ0) is 13.8. The van der Waals surface area contributed by atoms with Gasteiger partial charge in [-0.05, 0) is 0 Å². The summed E-state index contributed by atoms with van der Waals surface area (Å²) in [6, 6.07) is 0. The summed E-state index contributed by atoms with van der Waals surface area (Å²) < 4.78 is 14.1. The molecule has 18 heavy (non-hydrogen) atoms. The van der Waals surface area contributed by atoms with Crippen molar-refractivity contribution in [3.8, 4) is 0 Å². The van der Waals surface area contributed by atoms with Gasteiger partial charge in [0.25, 0.3) is 0 Å². The molecule has 2 heteroatoms. The predicted octanol–water partition coefficient (Wildman–Crippen LogP) is 5.84. The van der Waals surface area contributed by atoms with Crippen LogP contribution in [0.4, 0.5) is 0 Å². The van der Waals surface area contributed by atoms with Gasteiger partial charge in [0, 0.05) is 0 Å². The van der Waals surface area contributed by atoms with Gasteiger partial charge in [-0.1, -0.05) is 0 Å². The van der Waals surface area contributed by atoms with Gasteiger partial charge in [0.1, 0.15) is 0 Å². The van der Waals surface area contributed by atoms with Crippen molar-refractivity contribution in [2.45, 2.75) is 87.9 Å². The fourth-order valence-electron chi connectivity index (χ4n) is 2.23. The van der Waals surface area contributed by atoms with Crippen molar-refractivity contribution in [2.75, 3.05) is 0 Å². The second-order valence-corrected chi connectivity index (χ2v) is 12.5. The number of hydrogen-bond donors (Lipinski definition) is 0. The van der Waals surface area contributed by atoms with E-state index in [1.807, 2.05) is 0 Å². The fourth-order valence-corrected chi connectivity index (χ4v) is 6.62. The van der Waals surface area contributed by atoms with E-state index in [1.54, 1.807) is 0 Å². The molecule has 0 aromatic rings. The van der Waals surface area contributed by atoms with Crippen LogP contribution in [0.2, 0.25) is 8.87 Å². The topological polar surface area (TPSA) is 17.1 Å². The summed E-state index contributed by atoms with van der Waals surface area (Å²) in [4.78, 5) is 0. The van der Waals surface area contributed by atoms with Gasteiger partial charge in [0.15, 0.2) is 0 Å². The molecule has 0 unspecified atom stereocenters. The summed E-state index contributed by atoms with van der Waals surface area (Å²) in [5, 5.41) is 0. The van der Waals surface area contributed by atoms with E-state index >= 15 is 0 Å². The third-order valence-electron chi connectivity index (χ3n) is 3.47. The van der Waals surface area contributed by atoms with E-state index in [0.717, 1.165) is 20.7 Å². The predicted molar refractivity (Wildman–Crippen MR) is 82.7 cm³/mol. The Hall–Kier alpha value is 0.599. The number of hydrogen-bond acceptors (Lipinski definition) is 1. The van der Waals surface area contributed by atoms with E-state index in [1.165, 1.54) is 51.4 Å². The first-order valence-corrected chi connectivity index (χ1v) is 13.2. The van der Waals surface area contributed by atoms with Crippen LogP contribution in [-0.2, 0) is 3.08 Å². The van der Waals surface area contributed by atoms with Crippen LogP contribution in [0.15, 0.2) is 0 Å². The normalized spacial score (nSPS) is 11.4. The molecule has 0 spiro atoms. The Bertz CT molecular complexity index is 179. The summed E-state index contributed by atoms with van der Waals surface area (Å²) in [5.41, 5.74) is 0. The molecule has 0 fully saturated rings. The Morgan fingerprint density at radius 1 is 0.667 bits per heavy atom. The Kier molecular flexibility index (Phi) is 13.0. The average molecular weight is 361 g/mol. The summed E-state index contributed by atoms with van der Waals surface area (Å²) in [6.07, 6.45) is 10.4. The van der Waals surface area contributed by atoms with Gasteiger partial charge in [0.2, 0.25) is 0 Å². The maximum atomic E-state index is 11.9. The third kappa shape index (κ3) is 14.7. The van der Waals surface area contributed by atoms with Crippen molar-refractivity contribution >= 4 is 19.7 Å². The van der Waals surface area contributed by atoms with Gasteiger partial charge in [0.05, 0.1) is 0 Å². The van der Waals surface area contributed by atoms with Crippen molar-refractivity contribution in [3.63, 3.8) is 0 Å². The summed E-state index contributed by atoms with van der Waals surface area (Å²) in [5.74, 6) is 1.66. The van der Waals surface area contributed by atoms with E-state index in [4.69, 9.17) is 0 Å². The molecule has 0 N–H and O–H groups in total. The molecule has 0 bridgehead atoms. The average Bonchev–Trinajstić information content (AvgIpc) is 2.27. The molecule has 0 atom stereocenters. The first-order chi connectivity index (χ1) is 8.52. The minimum atomic E-state index is -2.13. The molecule has 0 saturated heterocycles. The summed E-state index contributed by atoms with van der Waals surface area (Å²) >= 11 is -2.13. The molecular formula is C16H34OSn. The Morgan fingerprint density at radius 3 is 1.39 bits per heavy atom. The SMILES string of the molecule is CC(C)CCCC[CH2][Sn](=[O])[CH2]CCCCC(C)C. The van der Waals surface area contributed by atoms with Gasteiger partial charge >= 0.3 is 123 Å². The molecule has 0 heterocycles. The summed E-state index contributed by atoms with van der Waals surface area (Å²) in [7, 11) is 0. The maximum absolute atomic E-state index is 11.9. The standard InChI is InChI=1S/2C8H17.O.Sn/c2*1-4-5-6-7-8(2)3;;/h2*8H,1,4-7H2,2-3H3;;. The van der Waals surface area contributed by atoms with Crippen LogP contribution in [0.3, 0.4) is 0 Å². The molecule has 0 aliphatic heterocycles. The van der Waals surface area contributed by atoms with Crippen molar-refractivity contribution in [1.29, 1.82) is 0 Å². The molecule has 0 saturated carbocycles. The van der Waals surface area contributed by atoms with Gasteiger partial charge in [-0.3, -0.25) is 0 Å². The Balaban J connectivity index is 3.22. The Morgan fingerprint density at radius 2 is 1.06 bits per heavy atom. The van der Waals surface area contributed by atoms with Crippen molar-refractivity contribution in [1.82, 2.24) is 0 Å². The molecule has 0 rings (SSSR count). The first kappa shape index (κ1) is 18.6. The third-order valence-corrected chi connectivity index (χ3v) is 8.68. The van der Waals surface area contributed by atoms with Gasteiger partial charge in [-0.15, -0.1) is 0 Å². The monoisotopic (exact) mass is 362 g/mol. The molecule has 0 aromatic carbocycles. The van der Waals surface area contributed by atoms with E-state index in [2.05, 4.69) is 27.7 Å².